The first-order chi connectivity index (χ1) is 10.2. The van der Waals surface area contributed by atoms with Crippen molar-refractivity contribution in [2.75, 3.05) is 6.61 Å². The van der Waals surface area contributed by atoms with Crippen LogP contribution in [0.1, 0.15) is 37.9 Å². The molecule has 0 bridgehead atoms. The molecule has 0 radical (unpaired) electrons. The summed E-state index contributed by atoms with van der Waals surface area (Å²) < 4.78 is 16.4. The highest BCUT2D eigenvalue weighted by Crippen LogP contribution is 2.37. The molecule has 0 aliphatic heterocycles. The van der Waals surface area contributed by atoms with E-state index < -0.39 is 5.54 Å². The SMILES string of the molecule is CCOc1ccccc1OCc1nc(C2(N)CCC2)no1. The molecular weight excluding hydrogens is 270 g/mol. The third-order valence-corrected chi connectivity index (χ3v) is 3.66. The van der Waals surface area contributed by atoms with Gasteiger partial charge in [-0.15, -0.1) is 0 Å². The molecule has 0 atom stereocenters. The van der Waals surface area contributed by atoms with Gasteiger partial charge in [0.25, 0.3) is 5.89 Å². The van der Waals surface area contributed by atoms with Gasteiger partial charge in [0, 0.05) is 0 Å². The summed E-state index contributed by atoms with van der Waals surface area (Å²) in [6.07, 6.45) is 2.92. The summed E-state index contributed by atoms with van der Waals surface area (Å²) in [5, 5.41) is 3.96. The van der Waals surface area contributed by atoms with Crippen LogP contribution in [-0.2, 0) is 12.1 Å². The number of nitrogens with two attached hydrogens (primary N) is 1. The van der Waals surface area contributed by atoms with Gasteiger partial charge in [-0.05, 0) is 38.3 Å². The first kappa shape index (κ1) is 13.9. The molecular formula is C15H19N3O3. The lowest BCUT2D eigenvalue weighted by Gasteiger charge is -2.34. The normalized spacial score (nSPS) is 16.3. The molecule has 2 N–H and O–H groups in total. The first-order valence-electron chi connectivity index (χ1n) is 7.18. The van der Waals surface area contributed by atoms with Gasteiger partial charge in [-0.1, -0.05) is 17.3 Å². The second kappa shape index (κ2) is 5.73. The monoisotopic (exact) mass is 289 g/mol. The number of aromatic nitrogens is 2. The molecule has 1 saturated carbocycles. The lowest BCUT2D eigenvalue weighted by Crippen LogP contribution is -2.44. The molecule has 1 aliphatic rings. The maximum absolute atomic E-state index is 6.16. The second-order valence-electron chi connectivity index (χ2n) is 5.19. The minimum atomic E-state index is -0.412. The largest absolute Gasteiger partial charge is 0.490 e. The molecule has 0 spiro atoms. The maximum Gasteiger partial charge on any atom is 0.264 e. The fraction of sp³-hybridized carbons (Fsp3) is 0.467. The summed E-state index contributed by atoms with van der Waals surface area (Å²) in [5.41, 5.74) is 5.75. The number of rotatable bonds is 6. The van der Waals surface area contributed by atoms with Crippen LogP contribution in [-0.4, -0.2) is 16.7 Å². The van der Waals surface area contributed by atoms with Gasteiger partial charge < -0.3 is 19.7 Å². The average Bonchev–Trinajstić information content (AvgIpc) is 2.93. The first-order valence-corrected chi connectivity index (χ1v) is 7.18. The zero-order chi connectivity index (χ0) is 14.7. The fourth-order valence-corrected chi connectivity index (χ4v) is 2.28. The molecule has 0 saturated heterocycles. The van der Waals surface area contributed by atoms with Gasteiger partial charge >= 0.3 is 0 Å². The lowest BCUT2D eigenvalue weighted by molar-refractivity contribution is 0.218. The molecule has 0 amide bonds. The van der Waals surface area contributed by atoms with Crippen LogP contribution in [0.4, 0.5) is 0 Å². The Kier molecular flexibility index (Phi) is 3.79. The van der Waals surface area contributed by atoms with Crippen molar-refractivity contribution in [2.45, 2.75) is 38.3 Å². The van der Waals surface area contributed by atoms with Gasteiger partial charge in [0.05, 0.1) is 12.1 Å². The molecule has 0 unspecified atom stereocenters. The Morgan fingerprint density at radius 2 is 1.95 bits per heavy atom. The Balaban J connectivity index is 1.65. The lowest BCUT2D eigenvalue weighted by atomic mass is 9.77. The van der Waals surface area contributed by atoms with Crippen molar-refractivity contribution in [1.82, 2.24) is 10.1 Å². The van der Waals surface area contributed by atoms with Gasteiger partial charge in [-0.2, -0.15) is 4.98 Å². The van der Waals surface area contributed by atoms with Crippen molar-refractivity contribution in [1.29, 1.82) is 0 Å². The Labute approximate surface area is 123 Å². The van der Waals surface area contributed by atoms with Crippen LogP contribution in [0.25, 0.3) is 0 Å². The number of hydrogen-bond donors (Lipinski definition) is 1. The van der Waals surface area contributed by atoms with E-state index in [2.05, 4.69) is 10.1 Å². The molecule has 21 heavy (non-hydrogen) atoms. The molecule has 1 heterocycles. The minimum Gasteiger partial charge on any atom is -0.490 e. The molecule has 112 valence electrons. The Morgan fingerprint density at radius 3 is 2.57 bits per heavy atom. The molecule has 1 aromatic heterocycles. The zero-order valence-electron chi connectivity index (χ0n) is 12.0. The smallest absolute Gasteiger partial charge is 0.264 e. The predicted molar refractivity (Wildman–Crippen MR) is 76.0 cm³/mol. The highest BCUT2D eigenvalue weighted by molar-refractivity contribution is 5.39. The molecule has 6 nitrogen and oxygen atoms in total. The van der Waals surface area contributed by atoms with Gasteiger partial charge in [0.15, 0.2) is 23.9 Å². The molecule has 6 heteroatoms. The van der Waals surface area contributed by atoms with Crippen LogP contribution in [0.3, 0.4) is 0 Å². The summed E-state index contributed by atoms with van der Waals surface area (Å²) in [4.78, 5) is 4.33. The molecule has 2 aromatic rings. The van der Waals surface area contributed by atoms with Gasteiger partial charge in [0.1, 0.15) is 0 Å². The van der Waals surface area contributed by atoms with E-state index in [-0.39, 0.29) is 6.61 Å². The summed E-state index contributed by atoms with van der Waals surface area (Å²) in [6, 6.07) is 7.50. The topological polar surface area (TPSA) is 83.4 Å². The van der Waals surface area contributed by atoms with Crippen LogP contribution in [0.15, 0.2) is 28.8 Å². The van der Waals surface area contributed by atoms with Crippen molar-refractivity contribution in [3.05, 3.63) is 36.0 Å². The summed E-state index contributed by atoms with van der Waals surface area (Å²) in [5.74, 6) is 2.36. The third kappa shape index (κ3) is 2.85. The van der Waals surface area contributed by atoms with Crippen LogP contribution in [0.5, 0.6) is 11.5 Å². The molecule has 1 aromatic carbocycles. The number of nitrogens with zero attached hydrogens (tertiary/aromatic N) is 2. The Morgan fingerprint density at radius 1 is 1.24 bits per heavy atom. The van der Waals surface area contributed by atoms with Crippen molar-refractivity contribution in [2.24, 2.45) is 5.73 Å². The van der Waals surface area contributed by atoms with E-state index in [0.717, 1.165) is 19.3 Å². The molecule has 1 fully saturated rings. The van der Waals surface area contributed by atoms with Crippen LogP contribution in [0, 0.1) is 0 Å². The maximum atomic E-state index is 6.16. The highest BCUT2D eigenvalue weighted by atomic mass is 16.5. The highest BCUT2D eigenvalue weighted by Gasteiger charge is 2.38. The number of para-hydroxylation sites is 2. The number of benzene rings is 1. The van der Waals surface area contributed by atoms with Crippen molar-refractivity contribution >= 4 is 0 Å². The van der Waals surface area contributed by atoms with E-state index in [1.165, 1.54) is 0 Å². The van der Waals surface area contributed by atoms with Gasteiger partial charge in [0.2, 0.25) is 0 Å². The summed E-state index contributed by atoms with van der Waals surface area (Å²) >= 11 is 0. The number of ether oxygens (including phenoxy) is 2. The van der Waals surface area contributed by atoms with Crippen LogP contribution in [0.2, 0.25) is 0 Å². The summed E-state index contributed by atoms with van der Waals surface area (Å²) in [7, 11) is 0. The van der Waals surface area contributed by atoms with Crippen LogP contribution < -0.4 is 15.2 Å². The average molecular weight is 289 g/mol. The van der Waals surface area contributed by atoms with E-state index in [4.69, 9.17) is 19.7 Å². The second-order valence-corrected chi connectivity index (χ2v) is 5.19. The predicted octanol–water partition coefficient (Wildman–Crippen LogP) is 2.39. The number of hydrogen-bond acceptors (Lipinski definition) is 6. The molecule has 1 aliphatic carbocycles. The quantitative estimate of drug-likeness (QED) is 0.879. The Hall–Kier alpha value is -2.08. The van der Waals surface area contributed by atoms with E-state index in [9.17, 15) is 0 Å². The minimum absolute atomic E-state index is 0.202. The Bertz CT molecular complexity index is 608. The van der Waals surface area contributed by atoms with E-state index in [0.29, 0.717) is 29.8 Å². The van der Waals surface area contributed by atoms with E-state index in [1.807, 2.05) is 31.2 Å². The summed E-state index contributed by atoms with van der Waals surface area (Å²) in [6.45, 7) is 2.72. The van der Waals surface area contributed by atoms with Crippen LogP contribution >= 0.6 is 0 Å². The fourth-order valence-electron chi connectivity index (χ4n) is 2.28. The van der Waals surface area contributed by atoms with Crippen molar-refractivity contribution in [3.8, 4) is 11.5 Å². The van der Waals surface area contributed by atoms with E-state index in [1.54, 1.807) is 0 Å². The third-order valence-electron chi connectivity index (χ3n) is 3.66. The van der Waals surface area contributed by atoms with Crippen molar-refractivity contribution < 1.29 is 14.0 Å². The standard InChI is InChI=1S/C15H19N3O3/c1-2-19-11-6-3-4-7-12(11)20-10-13-17-14(18-21-13)15(16)8-5-9-15/h3-4,6-7H,2,5,8-10,16H2,1H3. The van der Waals surface area contributed by atoms with Crippen molar-refractivity contribution in [3.63, 3.8) is 0 Å². The molecule has 3 rings (SSSR count). The van der Waals surface area contributed by atoms with Gasteiger partial charge in [-0.25, -0.2) is 0 Å². The van der Waals surface area contributed by atoms with Gasteiger partial charge in [-0.3, -0.25) is 0 Å². The zero-order valence-corrected chi connectivity index (χ0v) is 12.0. The van der Waals surface area contributed by atoms with E-state index >= 15 is 0 Å².